The monoisotopic (exact) mass is 452 g/mol. The Labute approximate surface area is 203 Å². The fraction of sp³-hybridized carbons (Fsp3) is 0.613. The average Bonchev–Trinajstić information content (AvgIpc) is 2.81. The third kappa shape index (κ3) is 10.2. The van der Waals surface area contributed by atoms with Gasteiger partial charge in [0, 0.05) is 17.5 Å². The number of rotatable bonds is 18. The summed E-state index contributed by atoms with van der Waals surface area (Å²) in [6.07, 6.45) is 20.7. The quantitative estimate of drug-likeness (QED) is 0.221. The van der Waals surface area contributed by atoms with Crippen molar-refractivity contribution in [3.8, 4) is 11.5 Å². The molecule has 0 atom stereocenters. The van der Waals surface area contributed by atoms with Crippen LogP contribution >= 0.6 is 0 Å². The van der Waals surface area contributed by atoms with Crippen LogP contribution in [-0.4, -0.2) is 10.2 Å². The fourth-order valence-corrected chi connectivity index (χ4v) is 4.84. The third-order valence-corrected chi connectivity index (χ3v) is 6.95. The summed E-state index contributed by atoms with van der Waals surface area (Å²) >= 11 is 0. The van der Waals surface area contributed by atoms with E-state index in [1.54, 1.807) is 12.1 Å². The molecule has 2 rings (SSSR count). The number of phenols is 2. The van der Waals surface area contributed by atoms with E-state index in [1.165, 1.54) is 88.2 Å². The van der Waals surface area contributed by atoms with Gasteiger partial charge in [0.05, 0.1) is 0 Å². The number of aryl methyl sites for hydroxylation is 2. The summed E-state index contributed by atoms with van der Waals surface area (Å²) in [5.41, 5.74) is 4.44. The summed E-state index contributed by atoms with van der Waals surface area (Å²) in [4.78, 5) is 0. The van der Waals surface area contributed by atoms with Crippen LogP contribution in [0.5, 0.6) is 11.5 Å². The van der Waals surface area contributed by atoms with Gasteiger partial charge in [0.15, 0.2) is 0 Å². The second-order valence-corrected chi connectivity index (χ2v) is 9.75. The Morgan fingerprint density at radius 2 is 0.848 bits per heavy atom. The van der Waals surface area contributed by atoms with E-state index in [1.807, 2.05) is 12.1 Å². The highest BCUT2D eigenvalue weighted by atomic mass is 16.3. The van der Waals surface area contributed by atoms with E-state index in [-0.39, 0.29) is 0 Å². The molecule has 0 aliphatic carbocycles. The number of benzene rings is 2. The summed E-state index contributed by atoms with van der Waals surface area (Å²) in [6, 6.07) is 11.8. The molecule has 0 saturated heterocycles. The van der Waals surface area contributed by atoms with Crippen LogP contribution in [0.1, 0.15) is 126 Å². The number of aromatic hydroxyl groups is 2. The molecule has 0 fully saturated rings. The Bertz CT molecular complexity index is 715. The van der Waals surface area contributed by atoms with E-state index in [4.69, 9.17) is 0 Å². The molecule has 0 aliphatic heterocycles. The molecule has 0 bridgehead atoms. The van der Waals surface area contributed by atoms with Crippen LogP contribution in [0.3, 0.4) is 0 Å². The normalized spacial score (nSPS) is 11.2. The maximum Gasteiger partial charge on any atom is 0.119 e. The Morgan fingerprint density at radius 1 is 0.485 bits per heavy atom. The first-order chi connectivity index (χ1) is 16.2. The molecule has 0 unspecified atom stereocenters. The number of phenolic OH excluding ortho intramolecular Hbond substituents is 2. The standard InChI is InChI=1S/C31H48O2/c1-3-5-7-9-11-13-15-19-26-21-17-23-30(32)28(26)25-29-27(22-18-24-31(29)33)20-16-14-12-10-8-6-4-2/h17-18,21-24,32-33H,3-16,19-20,25H2,1-2H3. The summed E-state index contributed by atoms with van der Waals surface area (Å²) in [7, 11) is 0. The highest BCUT2D eigenvalue weighted by Crippen LogP contribution is 2.31. The lowest BCUT2D eigenvalue weighted by molar-refractivity contribution is 0.461. The summed E-state index contributed by atoms with van der Waals surface area (Å²) < 4.78 is 0. The van der Waals surface area contributed by atoms with E-state index in [9.17, 15) is 10.2 Å². The first kappa shape index (κ1) is 27.3. The van der Waals surface area contributed by atoms with Gasteiger partial charge in [-0.1, -0.05) is 115 Å². The average molecular weight is 453 g/mol. The Hall–Kier alpha value is -1.96. The van der Waals surface area contributed by atoms with Gasteiger partial charge >= 0.3 is 0 Å². The van der Waals surface area contributed by atoms with Gasteiger partial charge in [-0.2, -0.15) is 0 Å². The molecule has 0 aliphatic rings. The highest BCUT2D eigenvalue weighted by Gasteiger charge is 2.14. The fourth-order valence-electron chi connectivity index (χ4n) is 4.84. The van der Waals surface area contributed by atoms with Crippen molar-refractivity contribution in [1.29, 1.82) is 0 Å². The zero-order chi connectivity index (χ0) is 23.7. The van der Waals surface area contributed by atoms with Gasteiger partial charge in [-0.05, 0) is 48.9 Å². The van der Waals surface area contributed by atoms with Gasteiger partial charge in [0.2, 0.25) is 0 Å². The van der Waals surface area contributed by atoms with Crippen molar-refractivity contribution in [3.63, 3.8) is 0 Å². The van der Waals surface area contributed by atoms with Gasteiger partial charge in [-0.3, -0.25) is 0 Å². The van der Waals surface area contributed by atoms with Crippen LogP contribution in [0.15, 0.2) is 36.4 Å². The van der Waals surface area contributed by atoms with Gasteiger partial charge in [0.25, 0.3) is 0 Å². The molecule has 2 aromatic carbocycles. The molecule has 2 nitrogen and oxygen atoms in total. The molecule has 33 heavy (non-hydrogen) atoms. The Kier molecular flexibility index (Phi) is 13.7. The maximum atomic E-state index is 10.7. The summed E-state index contributed by atoms with van der Waals surface area (Å²) in [5.74, 6) is 0.723. The number of hydrogen-bond donors (Lipinski definition) is 2. The number of hydrogen-bond acceptors (Lipinski definition) is 2. The molecule has 0 amide bonds. The lowest BCUT2D eigenvalue weighted by atomic mass is 9.91. The van der Waals surface area contributed by atoms with Crippen LogP contribution in [0.4, 0.5) is 0 Å². The van der Waals surface area contributed by atoms with Crippen molar-refractivity contribution in [1.82, 2.24) is 0 Å². The smallest absolute Gasteiger partial charge is 0.119 e. The molecular formula is C31H48O2. The second kappa shape index (κ2) is 16.6. The molecule has 0 heterocycles. The molecule has 2 N–H and O–H groups in total. The van der Waals surface area contributed by atoms with E-state index < -0.39 is 0 Å². The van der Waals surface area contributed by atoms with Crippen molar-refractivity contribution >= 4 is 0 Å². The van der Waals surface area contributed by atoms with Gasteiger partial charge in [-0.25, -0.2) is 0 Å². The van der Waals surface area contributed by atoms with Crippen molar-refractivity contribution in [2.24, 2.45) is 0 Å². The topological polar surface area (TPSA) is 40.5 Å². The molecule has 2 aromatic rings. The lowest BCUT2D eigenvalue weighted by Gasteiger charge is -2.16. The van der Waals surface area contributed by atoms with E-state index in [2.05, 4.69) is 26.0 Å². The van der Waals surface area contributed by atoms with Crippen LogP contribution in [-0.2, 0) is 19.3 Å². The Morgan fingerprint density at radius 3 is 1.24 bits per heavy atom. The largest absolute Gasteiger partial charge is 0.508 e. The van der Waals surface area contributed by atoms with E-state index in [0.29, 0.717) is 17.9 Å². The zero-order valence-electron chi connectivity index (χ0n) is 21.4. The van der Waals surface area contributed by atoms with Crippen LogP contribution < -0.4 is 0 Å². The van der Waals surface area contributed by atoms with Crippen molar-refractivity contribution < 1.29 is 10.2 Å². The molecule has 0 radical (unpaired) electrons. The second-order valence-electron chi connectivity index (χ2n) is 9.75. The van der Waals surface area contributed by atoms with Crippen molar-refractivity contribution in [3.05, 3.63) is 58.7 Å². The zero-order valence-corrected chi connectivity index (χ0v) is 21.4. The molecule has 0 spiro atoms. The number of unbranched alkanes of at least 4 members (excludes halogenated alkanes) is 12. The molecule has 2 heteroatoms. The maximum absolute atomic E-state index is 10.7. The van der Waals surface area contributed by atoms with Gasteiger partial charge in [-0.15, -0.1) is 0 Å². The van der Waals surface area contributed by atoms with Crippen LogP contribution in [0.25, 0.3) is 0 Å². The molecule has 0 aromatic heterocycles. The van der Waals surface area contributed by atoms with Crippen molar-refractivity contribution in [2.45, 2.75) is 123 Å². The van der Waals surface area contributed by atoms with Gasteiger partial charge in [0.1, 0.15) is 11.5 Å². The molecular weight excluding hydrogens is 404 g/mol. The van der Waals surface area contributed by atoms with Crippen LogP contribution in [0, 0.1) is 0 Å². The minimum absolute atomic E-state index is 0.362. The minimum Gasteiger partial charge on any atom is -0.508 e. The first-order valence-electron chi connectivity index (χ1n) is 13.8. The lowest BCUT2D eigenvalue weighted by Crippen LogP contribution is -2.01. The van der Waals surface area contributed by atoms with E-state index in [0.717, 1.165) is 36.8 Å². The predicted octanol–water partition coefficient (Wildman–Crippen LogP) is 9.27. The SMILES string of the molecule is CCCCCCCCCc1cccc(O)c1Cc1c(O)cccc1CCCCCCCCC. The van der Waals surface area contributed by atoms with Gasteiger partial charge < -0.3 is 10.2 Å². The first-order valence-corrected chi connectivity index (χ1v) is 13.8. The highest BCUT2D eigenvalue weighted by molar-refractivity contribution is 5.48. The predicted molar refractivity (Wildman–Crippen MR) is 142 cm³/mol. The Balaban J connectivity index is 1.96. The summed E-state index contributed by atoms with van der Waals surface area (Å²) in [5, 5.41) is 21.3. The third-order valence-electron chi connectivity index (χ3n) is 6.95. The van der Waals surface area contributed by atoms with E-state index >= 15 is 0 Å². The van der Waals surface area contributed by atoms with Crippen LogP contribution in [0.2, 0.25) is 0 Å². The molecule has 184 valence electrons. The molecule has 0 saturated carbocycles. The summed E-state index contributed by atoms with van der Waals surface area (Å²) in [6.45, 7) is 4.52. The minimum atomic E-state index is 0.362. The van der Waals surface area contributed by atoms with Crippen molar-refractivity contribution in [2.75, 3.05) is 0 Å².